The number of benzene rings is 2. The van der Waals surface area contributed by atoms with Crippen molar-refractivity contribution in [2.24, 2.45) is 5.92 Å². The van der Waals surface area contributed by atoms with Crippen LogP contribution in [0.15, 0.2) is 48.5 Å². The quantitative estimate of drug-likeness (QED) is 0.720. The molecule has 0 radical (unpaired) electrons. The zero-order valence-corrected chi connectivity index (χ0v) is 16.5. The summed E-state index contributed by atoms with van der Waals surface area (Å²) in [5, 5.41) is 5.88. The Morgan fingerprint density at radius 2 is 1.61 bits per heavy atom. The van der Waals surface area contributed by atoms with E-state index in [1.165, 1.54) is 6.42 Å². The van der Waals surface area contributed by atoms with E-state index in [9.17, 15) is 9.59 Å². The molecule has 0 bridgehead atoms. The number of hydrogen-bond acceptors (Lipinski definition) is 3. The maximum atomic E-state index is 12.7. The second-order valence-corrected chi connectivity index (χ2v) is 7.52. The standard InChI is InChI=1S/C23H28N2O3/c1-16(2)28-21-14-7-6-13-20(21)23(27)25-19-12-8-11-18(15-19)24-22(26)17-9-4-3-5-10-17/h6-8,11-17H,3-5,9-10H2,1-2H3,(H,24,26)(H,25,27). The molecule has 0 spiro atoms. The zero-order valence-electron chi connectivity index (χ0n) is 16.5. The van der Waals surface area contributed by atoms with Gasteiger partial charge in [-0.25, -0.2) is 0 Å². The summed E-state index contributed by atoms with van der Waals surface area (Å²) in [5.41, 5.74) is 1.80. The van der Waals surface area contributed by atoms with Crippen molar-refractivity contribution in [3.8, 4) is 5.75 Å². The first-order chi connectivity index (χ1) is 13.5. The Labute approximate surface area is 166 Å². The van der Waals surface area contributed by atoms with Crippen molar-refractivity contribution in [2.75, 3.05) is 10.6 Å². The fourth-order valence-corrected chi connectivity index (χ4v) is 3.49. The highest BCUT2D eigenvalue weighted by Crippen LogP contribution is 2.26. The highest BCUT2D eigenvalue weighted by Gasteiger charge is 2.21. The van der Waals surface area contributed by atoms with Gasteiger partial charge >= 0.3 is 0 Å². The molecule has 2 aromatic carbocycles. The minimum atomic E-state index is -0.244. The van der Waals surface area contributed by atoms with Crippen molar-refractivity contribution in [1.29, 1.82) is 0 Å². The van der Waals surface area contributed by atoms with Gasteiger partial charge in [-0.2, -0.15) is 0 Å². The summed E-state index contributed by atoms with van der Waals surface area (Å²) in [6, 6.07) is 14.4. The van der Waals surface area contributed by atoms with Crippen LogP contribution in [0.1, 0.15) is 56.3 Å². The molecule has 1 aliphatic rings. The molecular weight excluding hydrogens is 352 g/mol. The van der Waals surface area contributed by atoms with Gasteiger partial charge in [0.2, 0.25) is 5.91 Å². The van der Waals surface area contributed by atoms with Crippen LogP contribution in [-0.4, -0.2) is 17.9 Å². The molecule has 1 aliphatic carbocycles. The molecule has 5 nitrogen and oxygen atoms in total. The molecular formula is C23H28N2O3. The first kappa shape index (κ1) is 19.9. The van der Waals surface area contributed by atoms with Gasteiger partial charge in [0.15, 0.2) is 0 Å². The van der Waals surface area contributed by atoms with E-state index in [2.05, 4.69) is 10.6 Å². The number of carbonyl (C=O) groups excluding carboxylic acids is 2. The van der Waals surface area contributed by atoms with Crippen LogP contribution in [0.4, 0.5) is 11.4 Å². The minimum absolute atomic E-state index is 0.0210. The summed E-state index contributed by atoms with van der Waals surface area (Å²) >= 11 is 0. The van der Waals surface area contributed by atoms with E-state index in [0.717, 1.165) is 25.7 Å². The topological polar surface area (TPSA) is 67.4 Å². The van der Waals surface area contributed by atoms with Gasteiger partial charge in [-0.3, -0.25) is 9.59 Å². The van der Waals surface area contributed by atoms with Gasteiger partial charge in [0.25, 0.3) is 5.91 Å². The predicted octanol–water partition coefficient (Wildman–Crippen LogP) is 5.24. The van der Waals surface area contributed by atoms with Gasteiger partial charge in [-0.05, 0) is 57.0 Å². The normalized spacial score (nSPS) is 14.5. The molecule has 2 N–H and O–H groups in total. The van der Waals surface area contributed by atoms with Crippen molar-refractivity contribution in [3.63, 3.8) is 0 Å². The van der Waals surface area contributed by atoms with Crippen molar-refractivity contribution in [1.82, 2.24) is 0 Å². The lowest BCUT2D eigenvalue weighted by Crippen LogP contribution is -2.24. The number of rotatable bonds is 6. The fourth-order valence-electron chi connectivity index (χ4n) is 3.49. The summed E-state index contributed by atoms with van der Waals surface area (Å²) in [5.74, 6) is 0.467. The number of carbonyl (C=O) groups is 2. The predicted molar refractivity (Wildman–Crippen MR) is 112 cm³/mol. The summed E-state index contributed by atoms with van der Waals surface area (Å²) < 4.78 is 5.73. The average Bonchev–Trinajstić information content (AvgIpc) is 2.69. The van der Waals surface area contributed by atoms with Gasteiger partial charge in [0, 0.05) is 17.3 Å². The fraction of sp³-hybridized carbons (Fsp3) is 0.391. The lowest BCUT2D eigenvalue weighted by Gasteiger charge is -2.21. The summed E-state index contributed by atoms with van der Waals surface area (Å²) in [4.78, 5) is 25.2. The van der Waals surface area contributed by atoms with Crippen molar-refractivity contribution in [3.05, 3.63) is 54.1 Å². The van der Waals surface area contributed by atoms with E-state index in [1.54, 1.807) is 24.3 Å². The molecule has 0 heterocycles. The largest absolute Gasteiger partial charge is 0.490 e. The minimum Gasteiger partial charge on any atom is -0.490 e. The third kappa shape index (κ3) is 5.35. The Bertz CT molecular complexity index is 826. The number of ether oxygens (including phenoxy) is 1. The lowest BCUT2D eigenvalue weighted by atomic mass is 9.88. The molecule has 0 unspecified atom stereocenters. The third-order valence-corrected chi connectivity index (χ3v) is 4.86. The van der Waals surface area contributed by atoms with Crippen LogP contribution in [-0.2, 0) is 4.79 Å². The number of para-hydroxylation sites is 1. The van der Waals surface area contributed by atoms with E-state index < -0.39 is 0 Å². The average molecular weight is 380 g/mol. The van der Waals surface area contributed by atoms with Crippen LogP contribution in [0.5, 0.6) is 5.75 Å². The molecule has 2 amide bonds. The summed E-state index contributed by atoms with van der Waals surface area (Å²) in [6.07, 6.45) is 5.34. The van der Waals surface area contributed by atoms with Crippen LogP contribution >= 0.6 is 0 Å². The molecule has 0 atom stereocenters. The van der Waals surface area contributed by atoms with E-state index in [4.69, 9.17) is 4.74 Å². The lowest BCUT2D eigenvalue weighted by molar-refractivity contribution is -0.120. The van der Waals surface area contributed by atoms with Gasteiger partial charge in [-0.1, -0.05) is 37.5 Å². The number of nitrogens with one attached hydrogen (secondary N) is 2. The summed E-state index contributed by atoms with van der Waals surface area (Å²) in [7, 11) is 0. The Morgan fingerprint density at radius 3 is 2.32 bits per heavy atom. The molecule has 5 heteroatoms. The summed E-state index contributed by atoms with van der Waals surface area (Å²) in [6.45, 7) is 3.85. The van der Waals surface area contributed by atoms with Gasteiger partial charge in [0.05, 0.1) is 11.7 Å². The molecule has 0 aromatic heterocycles. The second-order valence-electron chi connectivity index (χ2n) is 7.52. The highest BCUT2D eigenvalue weighted by molar-refractivity contribution is 6.06. The van der Waals surface area contributed by atoms with Crippen molar-refractivity contribution in [2.45, 2.75) is 52.1 Å². The number of anilines is 2. The van der Waals surface area contributed by atoms with E-state index in [0.29, 0.717) is 22.7 Å². The molecule has 2 aromatic rings. The molecule has 0 aliphatic heterocycles. The second kappa shape index (κ2) is 9.40. The smallest absolute Gasteiger partial charge is 0.259 e. The van der Waals surface area contributed by atoms with E-state index in [-0.39, 0.29) is 23.8 Å². The number of hydrogen-bond donors (Lipinski definition) is 2. The molecule has 3 rings (SSSR count). The van der Waals surface area contributed by atoms with Gasteiger partial charge in [0.1, 0.15) is 5.75 Å². The van der Waals surface area contributed by atoms with Crippen molar-refractivity contribution >= 4 is 23.2 Å². The molecule has 0 saturated heterocycles. The number of amides is 2. The SMILES string of the molecule is CC(C)Oc1ccccc1C(=O)Nc1cccc(NC(=O)C2CCCCC2)c1. The third-order valence-electron chi connectivity index (χ3n) is 4.86. The zero-order chi connectivity index (χ0) is 19.9. The molecule has 28 heavy (non-hydrogen) atoms. The molecule has 1 fully saturated rings. The van der Waals surface area contributed by atoms with Gasteiger partial charge < -0.3 is 15.4 Å². The van der Waals surface area contributed by atoms with E-state index in [1.807, 2.05) is 38.1 Å². The maximum absolute atomic E-state index is 12.7. The first-order valence-corrected chi connectivity index (χ1v) is 10.0. The van der Waals surface area contributed by atoms with Crippen LogP contribution in [0.25, 0.3) is 0 Å². The van der Waals surface area contributed by atoms with Crippen molar-refractivity contribution < 1.29 is 14.3 Å². The van der Waals surface area contributed by atoms with Crippen LogP contribution in [0, 0.1) is 5.92 Å². The van der Waals surface area contributed by atoms with Gasteiger partial charge in [-0.15, -0.1) is 0 Å². The Kier molecular flexibility index (Phi) is 6.69. The van der Waals surface area contributed by atoms with Crippen LogP contribution in [0.3, 0.4) is 0 Å². The Balaban J connectivity index is 1.67. The first-order valence-electron chi connectivity index (χ1n) is 10.0. The highest BCUT2D eigenvalue weighted by atomic mass is 16.5. The maximum Gasteiger partial charge on any atom is 0.259 e. The Morgan fingerprint density at radius 1 is 0.929 bits per heavy atom. The molecule has 1 saturated carbocycles. The molecule has 148 valence electrons. The Hall–Kier alpha value is -2.82. The monoisotopic (exact) mass is 380 g/mol. The van der Waals surface area contributed by atoms with Crippen LogP contribution in [0.2, 0.25) is 0 Å². The van der Waals surface area contributed by atoms with E-state index >= 15 is 0 Å². The van der Waals surface area contributed by atoms with Crippen LogP contribution < -0.4 is 15.4 Å².